The number of fused-ring (bicyclic) bond motifs is 1. The molecule has 170 valence electrons. The van der Waals surface area contributed by atoms with Crippen LogP contribution in [0.4, 0.5) is 5.69 Å². The summed E-state index contributed by atoms with van der Waals surface area (Å²) in [7, 11) is 3.13. The summed E-state index contributed by atoms with van der Waals surface area (Å²) < 4.78 is 17.8. The summed E-state index contributed by atoms with van der Waals surface area (Å²) in [5.74, 6) is 2.05. The second-order valence-electron chi connectivity index (χ2n) is 6.99. The first-order valence-electron chi connectivity index (χ1n) is 10.3. The zero-order valence-electron chi connectivity index (χ0n) is 18.6. The third-order valence-electron chi connectivity index (χ3n) is 4.79. The monoisotopic (exact) mass is 464 g/mol. The lowest BCUT2D eigenvalue weighted by molar-refractivity contribution is -0.113. The van der Waals surface area contributed by atoms with Gasteiger partial charge >= 0.3 is 0 Å². The number of nitrogens with one attached hydrogen (secondary N) is 1. The van der Waals surface area contributed by atoms with Crippen LogP contribution in [-0.4, -0.2) is 47.1 Å². The van der Waals surface area contributed by atoms with Crippen LogP contribution in [-0.2, 0) is 4.79 Å². The van der Waals surface area contributed by atoms with Gasteiger partial charge in [-0.1, -0.05) is 11.8 Å². The number of hydrogen-bond donors (Lipinski definition) is 1. The Balaban J connectivity index is 1.47. The lowest BCUT2D eigenvalue weighted by Crippen LogP contribution is -2.14. The Morgan fingerprint density at radius 2 is 1.76 bits per heavy atom. The van der Waals surface area contributed by atoms with Crippen molar-refractivity contribution in [1.29, 1.82) is 0 Å². The summed E-state index contributed by atoms with van der Waals surface area (Å²) >= 11 is 1.35. The molecule has 4 rings (SSSR count). The summed E-state index contributed by atoms with van der Waals surface area (Å²) in [5, 5.41) is 8.24. The molecular formula is C24H24N4O4S. The van der Waals surface area contributed by atoms with Gasteiger partial charge in [-0.3, -0.25) is 4.79 Å². The van der Waals surface area contributed by atoms with Gasteiger partial charge in [0, 0.05) is 41.8 Å². The summed E-state index contributed by atoms with van der Waals surface area (Å²) in [5.41, 5.74) is 3.23. The van der Waals surface area contributed by atoms with E-state index in [2.05, 4.69) is 15.4 Å². The fraction of sp³-hybridized carbons (Fsp3) is 0.208. The Bertz CT molecular complexity index is 1240. The second-order valence-corrected chi connectivity index (χ2v) is 7.95. The average Bonchev–Trinajstić information content (AvgIpc) is 3.28. The van der Waals surface area contributed by atoms with E-state index in [1.807, 2.05) is 37.3 Å². The van der Waals surface area contributed by atoms with Crippen LogP contribution in [0.1, 0.15) is 6.92 Å². The number of anilines is 1. The molecule has 0 atom stereocenters. The van der Waals surface area contributed by atoms with Crippen LogP contribution in [0.25, 0.3) is 16.8 Å². The van der Waals surface area contributed by atoms with E-state index in [-0.39, 0.29) is 11.7 Å². The van der Waals surface area contributed by atoms with E-state index in [1.54, 1.807) is 49.3 Å². The maximum atomic E-state index is 12.6. The Hall–Kier alpha value is -3.72. The van der Waals surface area contributed by atoms with Crippen LogP contribution in [0.15, 0.2) is 66.0 Å². The summed E-state index contributed by atoms with van der Waals surface area (Å²) in [6.45, 7) is 2.58. The van der Waals surface area contributed by atoms with Gasteiger partial charge in [-0.25, -0.2) is 9.50 Å². The molecule has 8 nitrogen and oxygen atoms in total. The molecule has 9 heteroatoms. The van der Waals surface area contributed by atoms with Crippen molar-refractivity contribution in [2.45, 2.75) is 11.9 Å². The number of carbonyl (C=O) groups excluding carboxylic acids is 1. The van der Waals surface area contributed by atoms with Crippen molar-refractivity contribution in [2.75, 3.05) is 31.9 Å². The number of methoxy groups -OCH3 is 2. The van der Waals surface area contributed by atoms with Gasteiger partial charge in [0.15, 0.2) is 0 Å². The molecule has 0 aliphatic carbocycles. The summed E-state index contributed by atoms with van der Waals surface area (Å²) in [6.07, 6.45) is 3.47. The largest absolute Gasteiger partial charge is 0.497 e. The normalized spacial score (nSPS) is 10.8. The van der Waals surface area contributed by atoms with Gasteiger partial charge in [0.1, 0.15) is 22.3 Å². The highest BCUT2D eigenvalue weighted by Gasteiger charge is 2.12. The minimum Gasteiger partial charge on any atom is -0.497 e. The van der Waals surface area contributed by atoms with Crippen LogP contribution in [0, 0.1) is 0 Å². The minimum atomic E-state index is -0.162. The van der Waals surface area contributed by atoms with Crippen molar-refractivity contribution < 1.29 is 19.0 Å². The molecule has 1 amide bonds. The number of amides is 1. The van der Waals surface area contributed by atoms with Gasteiger partial charge < -0.3 is 19.5 Å². The molecule has 2 aromatic carbocycles. The third-order valence-corrected chi connectivity index (χ3v) is 5.79. The van der Waals surface area contributed by atoms with Crippen LogP contribution in [0.2, 0.25) is 0 Å². The maximum absolute atomic E-state index is 12.6. The first kappa shape index (κ1) is 22.5. The molecule has 2 heterocycles. The molecule has 0 bridgehead atoms. The van der Waals surface area contributed by atoms with Crippen LogP contribution < -0.4 is 19.5 Å². The Morgan fingerprint density at radius 3 is 2.42 bits per heavy atom. The van der Waals surface area contributed by atoms with Crippen molar-refractivity contribution in [1.82, 2.24) is 14.6 Å². The van der Waals surface area contributed by atoms with Crippen molar-refractivity contribution in [3.8, 4) is 28.5 Å². The molecule has 33 heavy (non-hydrogen) atoms. The van der Waals surface area contributed by atoms with Gasteiger partial charge in [-0.2, -0.15) is 5.10 Å². The van der Waals surface area contributed by atoms with Gasteiger partial charge in [0.2, 0.25) is 5.91 Å². The molecule has 0 saturated carbocycles. The fourth-order valence-corrected chi connectivity index (χ4v) is 4.03. The first-order chi connectivity index (χ1) is 16.1. The molecule has 2 aromatic heterocycles. The summed E-state index contributed by atoms with van der Waals surface area (Å²) in [4.78, 5) is 17.0. The van der Waals surface area contributed by atoms with Crippen LogP contribution in [0.5, 0.6) is 17.2 Å². The maximum Gasteiger partial charge on any atom is 0.234 e. The van der Waals surface area contributed by atoms with E-state index >= 15 is 0 Å². The predicted molar refractivity (Wildman–Crippen MR) is 128 cm³/mol. The number of benzene rings is 2. The SMILES string of the molecule is CCOc1ccc(-c2cc3c(SCC(=O)Nc4cc(OC)cc(OC)c4)nccn3n2)cc1. The molecule has 0 saturated heterocycles. The number of aromatic nitrogens is 3. The smallest absolute Gasteiger partial charge is 0.234 e. The topological polar surface area (TPSA) is 87.0 Å². The average molecular weight is 465 g/mol. The molecule has 4 aromatic rings. The number of ether oxygens (including phenoxy) is 3. The predicted octanol–water partition coefficient (Wildman–Crippen LogP) is 4.54. The molecular weight excluding hydrogens is 440 g/mol. The Morgan fingerprint density at radius 1 is 1.03 bits per heavy atom. The minimum absolute atomic E-state index is 0.162. The molecule has 1 N–H and O–H groups in total. The number of nitrogens with zero attached hydrogens (tertiary/aromatic N) is 3. The van der Waals surface area contributed by atoms with Gasteiger partial charge in [-0.05, 0) is 37.3 Å². The van der Waals surface area contributed by atoms with Gasteiger partial charge in [0.25, 0.3) is 0 Å². The van der Waals surface area contributed by atoms with E-state index in [0.717, 1.165) is 27.5 Å². The highest BCUT2D eigenvalue weighted by Crippen LogP contribution is 2.28. The number of carbonyl (C=O) groups is 1. The Labute approximate surface area is 195 Å². The Kier molecular flexibility index (Phi) is 6.99. The van der Waals surface area contributed by atoms with E-state index < -0.39 is 0 Å². The number of thioether (sulfide) groups is 1. The van der Waals surface area contributed by atoms with E-state index in [4.69, 9.17) is 14.2 Å². The fourth-order valence-electron chi connectivity index (χ4n) is 3.25. The van der Waals surface area contributed by atoms with Crippen molar-refractivity contribution in [3.63, 3.8) is 0 Å². The molecule has 0 aliphatic heterocycles. The van der Waals surface area contributed by atoms with Crippen molar-refractivity contribution in [3.05, 3.63) is 60.9 Å². The second kappa shape index (κ2) is 10.3. The highest BCUT2D eigenvalue weighted by molar-refractivity contribution is 8.00. The standard InChI is InChI=1S/C24H24N4O4S/c1-4-32-18-7-5-16(6-8-18)21-14-22-24(25-9-10-28(22)27-21)33-15-23(29)26-17-11-19(30-2)13-20(12-17)31-3/h5-14H,4,15H2,1-3H3,(H,26,29). The molecule has 0 radical (unpaired) electrons. The zero-order chi connectivity index (χ0) is 23.2. The van der Waals surface area contributed by atoms with Gasteiger partial charge in [-0.15, -0.1) is 0 Å². The number of hydrogen-bond acceptors (Lipinski definition) is 7. The van der Waals surface area contributed by atoms with Crippen LogP contribution in [0.3, 0.4) is 0 Å². The van der Waals surface area contributed by atoms with E-state index in [1.165, 1.54) is 11.8 Å². The quantitative estimate of drug-likeness (QED) is 0.364. The molecule has 0 unspecified atom stereocenters. The van der Waals surface area contributed by atoms with Crippen molar-refractivity contribution >= 4 is 28.9 Å². The van der Waals surface area contributed by atoms with E-state index in [0.29, 0.717) is 23.8 Å². The van der Waals surface area contributed by atoms with Gasteiger partial charge in [0.05, 0.1) is 37.8 Å². The van der Waals surface area contributed by atoms with Crippen molar-refractivity contribution in [2.24, 2.45) is 0 Å². The highest BCUT2D eigenvalue weighted by atomic mass is 32.2. The first-order valence-corrected chi connectivity index (χ1v) is 11.3. The van der Waals surface area contributed by atoms with Crippen LogP contribution >= 0.6 is 11.8 Å². The lowest BCUT2D eigenvalue weighted by Gasteiger charge is -2.10. The zero-order valence-corrected chi connectivity index (χ0v) is 19.4. The third kappa shape index (κ3) is 5.38. The van der Waals surface area contributed by atoms with E-state index in [9.17, 15) is 4.79 Å². The molecule has 0 aliphatic rings. The molecule has 0 fully saturated rings. The lowest BCUT2D eigenvalue weighted by atomic mass is 10.1. The molecule has 0 spiro atoms. The number of rotatable bonds is 9. The summed E-state index contributed by atoms with van der Waals surface area (Å²) in [6, 6.07) is 15.0.